The van der Waals surface area contributed by atoms with Crippen molar-refractivity contribution in [2.75, 3.05) is 6.61 Å². The molecule has 2 atom stereocenters. The van der Waals surface area contributed by atoms with Gasteiger partial charge >= 0.3 is 0 Å². The summed E-state index contributed by atoms with van der Waals surface area (Å²) in [4.78, 5) is 0. The maximum Gasteiger partial charge on any atom is 0.132 e. The SMILES string of the molecule is CC(C)(C)C(Oc1c(C23CC4CC(CC(C4)C2)C3)cccc1C12CC3CC(CC(C3)C1)C2)C1CO1. The summed E-state index contributed by atoms with van der Waals surface area (Å²) in [6.45, 7) is 7.94. The molecule has 35 heavy (non-hydrogen) atoms. The van der Waals surface area contributed by atoms with Crippen molar-refractivity contribution in [3.05, 3.63) is 29.3 Å². The van der Waals surface area contributed by atoms with Gasteiger partial charge in [-0.25, -0.2) is 0 Å². The van der Waals surface area contributed by atoms with Gasteiger partial charge in [-0.05, 0) is 123 Å². The summed E-state index contributed by atoms with van der Waals surface area (Å²) in [5.74, 6) is 7.12. The summed E-state index contributed by atoms with van der Waals surface area (Å²) >= 11 is 0. The first-order chi connectivity index (χ1) is 16.8. The van der Waals surface area contributed by atoms with Crippen molar-refractivity contribution in [3.8, 4) is 5.75 Å². The van der Waals surface area contributed by atoms with Crippen molar-refractivity contribution in [2.24, 2.45) is 40.9 Å². The average Bonchev–Trinajstić information content (AvgIpc) is 3.60. The lowest BCUT2D eigenvalue weighted by molar-refractivity contribution is -0.0153. The molecule has 8 aliphatic carbocycles. The third-order valence-electron chi connectivity index (χ3n) is 12.0. The second kappa shape index (κ2) is 7.30. The molecule has 1 aromatic rings. The Labute approximate surface area is 212 Å². The molecule has 2 heteroatoms. The van der Waals surface area contributed by atoms with Gasteiger partial charge in [0.2, 0.25) is 0 Å². The molecule has 2 nitrogen and oxygen atoms in total. The van der Waals surface area contributed by atoms with Crippen molar-refractivity contribution < 1.29 is 9.47 Å². The second-order valence-corrected chi connectivity index (χ2v) is 15.9. The lowest BCUT2D eigenvalue weighted by Gasteiger charge is -2.59. The number of epoxide rings is 1. The van der Waals surface area contributed by atoms with Crippen molar-refractivity contribution in [1.82, 2.24) is 0 Å². The van der Waals surface area contributed by atoms with E-state index in [-0.39, 0.29) is 17.6 Å². The highest BCUT2D eigenvalue weighted by Gasteiger charge is 2.56. The van der Waals surface area contributed by atoms with Crippen molar-refractivity contribution in [1.29, 1.82) is 0 Å². The first kappa shape index (κ1) is 22.0. The van der Waals surface area contributed by atoms with Crippen LogP contribution < -0.4 is 4.74 Å². The molecule has 1 aliphatic heterocycles. The molecule has 1 heterocycles. The average molecular weight is 475 g/mol. The van der Waals surface area contributed by atoms with E-state index in [4.69, 9.17) is 9.47 Å². The molecule has 8 saturated carbocycles. The first-order valence-corrected chi connectivity index (χ1v) is 15.2. The van der Waals surface area contributed by atoms with Crippen molar-refractivity contribution in [2.45, 2.75) is 121 Å². The third-order valence-corrected chi connectivity index (χ3v) is 12.0. The Kier molecular flexibility index (Phi) is 4.59. The van der Waals surface area contributed by atoms with Gasteiger partial charge < -0.3 is 9.47 Å². The Bertz CT molecular complexity index is 878. The molecule has 0 amide bonds. The Morgan fingerprint density at radius 1 is 0.714 bits per heavy atom. The third kappa shape index (κ3) is 3.44. The molecule has 10 rings (SSSR count). The molecule has 0 radical (unpaired) electrons. The fraction of sp³-hybridized carbons (Fsp3) is 0.818. The molecule has 0 spiro atoms. The monoisotopic (exact) mass is 474 g/mol. The number of ether oxygens (including phenoxy) is 2. The smallest absolute Gasteiger partial charge is 0.132 e. The largest absolute Gasteiger partial charge is 0.486 e. The molecule has 9 aliphatic rings. The van der Waals surface area contributed by atoms with Gasteiger partial charge in [-0.1, -0.05) is 39.0 Å². The minimum atomic E-state index is 0.0779. The maximum atomic E-state index is 7.42. The molecule has 8 bridgehead atoms. The Morgan fingerprint density at radius 3 is 1.40 bits per heavy atom. The van der Waals surface area contributed by atoms with E-state index in [0.29, 0.717) is 10.8 Å². The predicted octanol–water partition coefficient (Wildman–Crippen LogP) is 7.81. The highest BCUT2D eigenvalue weighted by molar-refractivity contribution is 5.52. The topological polar surface area (TPSA) is 21.8 Å². The number of benzene rings is 1. The molecular weight excluding hydrogens is 428 g/mol. The van der Waals surface area contributed by atoms with Gasteiger partial charge in [-0.2, -0.15) is 0 Å². The van der Waals surface area contributed by atoms with Gasteiger partial charge in [0.05, 0.1) is 6.61 Å². The summed E-state index contributed by atoms with van der Waals surface area (Å²) < 4.78 is 13.3. The van der Waals surface area contributed by atoms with E-state index < -0.39 is 0 Å². The van der Waals surface area contributed by atoms with E-state index in [9.17, 15) is 0 Å². The molecule has 1 saturated heterocycles. The summed E-state index contributed by atoms with van der Waals surface area (Å²) in [6, 6.07) is 7.51. The van der Waals surface area contributed by atoms with Gasteiger partial charge in [0, 0.05) is 16.5 Å². The summed E-state index contributed by atoms with van der Waals surface area (Å²) in [5, 5.41) is 0. The van der Waals surface area contributed by atoms with Gasteiger partial charge in [-0.15, -0.1) is 0 Å². The van der Waals surface area contributed by atoms with Gasteiger partial charge in [0.15, 0.2) is 0 Å². The van der Waals surface area contributed by atoms with Crippen LogP contribution in [0.4, 0.5) is 0 Å². The van der Waals surface area contributed by atoms with Crippen LogP contribution in [-0.2, 0) is 15.6 Å². The van der Waals surface area contributed by atoms with Crippen LogP contribution in [0, 0.1) is 40.9 Å². The van der Waals surface area contributed by atoms with E-state index in [1.165, 1.54) is 82.8 Å². The van der Waals surface area contributed by atoms with E-state index in [1.807, 2.05) is 0 Å². The molecular formula is C33H46O2. The second-order valence-electron chi connectivity index (χ2n) is 15.9. The number of rotatable bonds is 5. The zero-order valence-electron chi connectivity index (χ0n) is 22.4. The van der Waals surface area contributed by atoms with Gasteiger partial charge in [0.1, 0.15) is 18.0 Å². The Balaban J connectivity index is 1.27. The predicted molar refractivity (Wildman–Crippen MR) is 140 cm³/mol. The maximum absolute atomic E-state index is 7.42. The minimum absolute atomic E-state index is 0.0779. The van der Waals surface area contributed by atoms with E-state index in [2.05, 4.69) is 39.0 Å². The van der Waals surface area contributed by atoms with Crippen LogP contribution in [-0.4, -0.2) is 18.8 Å². The Hall–Kier alpha value is -1.02. The Morgan fingerprint density at radius 2 is 1.09 bits per heavy atom. The molecule has 2 unspecified atom stereocenters. The van der Waals surface area contributed by atoms with E-state index in [1.54, 1.807) is 11.1 Å². The van der Waals surface area contributed by atoms with E-state index in [0.717, 1.165) is 42.1 Å². The fourth-order valence-corrected chi connectivity index (χ4v) is 11.5. The summed E-state index contributed by atoms with van der Waals surface area (Å²) in [5.41, 5.74) is 4.07. The van der Waals surface area contributed by atoms with Crippen LogP contribution in [0.2, 0.25) is 0 Å². The quantitative estimate of drug-likeness (QED) is 0.406. The van der Waals surface area contributed by atoms with E-state index >= 15 is 0 Å². The molecule has 0 N–H and O–H groups in total. The summed E-state index contributed by atoms with van der Waals surface area (Å²) in [6.07, 6.45) is 17.9. The minimum Gasteiger partial charge on any atom is -0.486 e. The molecule has 9 fully saturated rings. The van der Waals surface area contributed by atoms with Crippen LogP contribution in [0.3, 0.4) is 0 Å². The fourth-order valence-electron chi connectivity index (χ4n) is 11.5. The molecule has 1 aromatic carbocycles. The first-order valence-electron chi connectivity index (χ1n) is 15.2. The highest BCUT2D eigenvalue weighted by atomic mass is 16.6. The van der Waals surface area contributed by atoms with Crippen LogP contribution in [0.15, 0.2) is 18.2 Å². The number of hydrogen-bond donors (Lipinski definition) is 0. The van der Waals surface area contributed by atoms with Crippen molar-refractivity contribution in [3.63, 3.8) is 0 Å². The lowest BCUT2D eigenvalue weighted by Crippen LogP contribution is -2.50. The van der Waals surface area contributed by atoms with Crippen LogP contribution in [0.25, 0.3) is 0 Å². The number of para-hydroxylation sites is 1. The standard InChI is InChI=1S/C33H46O2/c1-31(2,3)30(28-19-34-28)35-29-26(32-13-20-7-21(14-32)9-22(8-20)15-32)5-4-6-27(29)33-16-23-10-24(17-33)12-25(11-23)18-33/h4-6,20-25,28,30H,7-19H2,1-3H3. The zero-order valence-corrected chi connectivity index (χ0v) is 22.4. The highest BCUT2D eigenvalue weighted by Crippen LogP contribution is 2.65. The zero-order chi connectivity index (χ0) is 23.6. The normalized spacial score (nSPS) is 47.8. The van der Waals surface area contributed by atoms with Crippen LogP contribution in [0.1, 0.15) is 109 Å². The molecule has 0 aromatic heterocycles. The van der Waals surface area contributed by atoms with Gasteiger partial charge in [-0.3, -0.25) is 0 Å². The van der Waals surface area contributed by atoms with Crippen molar-refractivity contribution >= 4 is 0 Å². The summed E-state index contributed by atoms with van der Waals surface area (Å²) in [7, 11) is 0. The van der Waals surface area contributed by atoms with Crippen LogP contribution in [0.5, 0.6) is 5.75 Å². The number of hydrogen-bond acceptors (Lipinski definition) is 2. The van der Waals surface area contributed by atoms with Gasteiger partial charge in [0.25, 0.3) is 0 Å². The van der Waals surface area contributed by atoms with Crippen LogP contribution >= 0.6 is 0 Å². The molecule has 190 valence electrons. The lowest BCUT2D eigenvalue weighted by atomic mass is 9.46.